The largest absolute Gasteiger partial charge is 0.497 e. The molecule has 0 bridgehead atoms. The first-order chi connectivity index (χ1) is 10.1. The Hall–Kier alpha value is -1.10. The Morgan fingerprint density at radius 3 is 2.00 bits per heavy atom. The number of hydrogen-bond donors (Lipinski definition) is 0. The van der Waals surface area contributed by atoms with Crippen molar-refractivity contribution in [1.29, 1.82) is 0 Å². The first-order valence-corrected chi connectivity index (χ1v) is 7.70. The van der Waals surface area contributed by atoms with Crippen molar-refractivity contribution in [1.82, 2.24) is 4.90 Å². The van der Waals surface area contributed by atoms with Crippen LogP contribution in [-0.2, 0) is 15.0 Å². The van der Waals surface area contributed by atoms with Crippen LogP contribution in [0.1, 0.15) is 31.2 Å². The van der Waals surface area contributed by atoms with Gasteiger partial charge in [-0.2, -0.15) is 0 Å². The van der Waals surface area contributed by atoms with Gasteiger partial charge in [-0.1, -0.05) is 12.1 Å². The summed E-state index contributed by atoms with van der Waals surface area (Å²) in [6, 6.07) is 8.47. The third-order valence-electron chi connectivity index (χ3n) is 5.14. The third kappa shape index (κ3) is 2.56. The zero-order valence-corrected chi connectivity index (χ0v) is 13.2. The number of methoxy groups -OCH3 is 1. The Labute approximate surface area is 127 Å². The van der Waals surface area contributed by atoms with Gasteiger partial charge in [-0.25, -0.2) is 0 Å². The molecular weight excluding hydrogens is 266 g/mol. The van der Waals surface area contributed by atoms with Crippen LogP contribution in [0.2, 0.25) is 0 Å². The Bertz CT molecular complexity index is 467. The first-order valence-electron chi connectivity index (χ1n) is 7.70. The van der Waals surface area contributed by atoms with Crippen LogP contribution in [0, 0.1) is 0 Å². The van der Waals surface area contributed by atoms with Crippen molar-refractivity contribution in [2.24, 2.45) is 0 Å². The zero-order chi connectivity index (χ0) is 14.9. The minimum atomic E-state index is -0.314. The van der Waals surface area contributed by atoms with Gasteiger partial charge in [0.05, 0.1) is 20.3 Å². The topological polar surface area (TPSA) is 30.9 Å². The standard InChI is InChI=1S/C17H25NO3/c1-18(2)16(14-4-6-15(19-3)7-5-14)8-10-17(11-9-16)20-12-13-21-17/h4-7H,8-13H2,1-3H3. The zero-order valence-electron chi connectivity index (χ0n) is 13.2. The summed E-state index contributed by atoms with van der Waals surface area (Å²) in [6.07, 6.45) is 4.01. The number of benzene rings is 1. The predicted molar refractivity (Wildman–Crippen MR) is 81.5 cm³/mol. The van der Waals surface area contributed by atoms with Gasteiger partial charge in [0.1, 0.15) is 5.75 Å². The summed E-state index contributed by atoms with van der Waals surface area (Å²) < 4.78 is 17.0. The van der Waals surface area contributed by atoms with E-state index in [0.29, 0.717) is 0 Å². The van der Waals surface area contributed by atoms with Gasteiger partial charge in [-0.05, 0) is 44.6 Å². The molecule has 1 aliphatic heterocycles. The second-order valence-corrected chi connectivity index (χ2v) is 6.26. The molecule has 116 valence electrons. The highest BCUT2D eigenvalue weighted by Gasteiger charge is 2.47. The van der Waals surface area contributed by atoms with Crippen LogP contribution in [0.15, 0.2) is 24.3 Å². The minimum Gasteiger partial charge on any atom is -0.497 e. The highest BCUT2D eigenvalue weighted by Crippen LogP contribution is 2.47. The summed E-state index contributed by atoms with van der Waals surface area (Å²) >= 11 is 0. The van der Waals surface area contributed by atoms with Gasteiger partial charge >= 0.3 is 0 Å². The minimum absolute atomic E-state index is 0.0623. The van der Waals surface area contributed by atoms with Crippen LogP contribution in [0.4, 0.5) is 0 Å². The molecule has 4 heteroatoms. The molecule has 0 N–H and O–H groups in total. The van der Waals surface area contributed by atoms with E-state index in [-0.39, 0.29) is 11.3 Å². The smallest absolute Gasteiger partial charge is 0.168 e. The summed E-state index contributed by atoms with van der Waals surface area (Å²) in [5.74, 6) is 0.591. The van der Waals surface area contributed by atoms with Crippen molar-refractivity contribution in [3.05, 3.63) is 29.8 Å². The van der Waals surface area contributed by atoms with E-state index in [1.165, 1.54) is 5.56 Å². The quantitative estimate of drug-likeness (QED) is 0.857. The molecule has 1 aromatic rings. The van der Waals surface area contributed by atoms with E-state index in [2.05, 4.69) is 31.1 Å². The predicted octanol–water partition coefficient (Wildman–Crippen LogP) is 2.77. The first kappa shape index (κ1) is 14.8. The fraction of sp³-hybridized carbons (Fsp3) is 0.647. The van der Waals surface area contributed by atoms with E-state index in [4.69, 9.17) is 14.2 Å². The lowest BCUT2D eigenvalue weighted by molar-refractivity contribution is -0.193. The van der Waals surface area contributed by atoms with Crippen molar-refractivity contribution in [3.63, 3.8) is 0 Å². The fourth-order valence-corrected chi connectivity index (χ4v) is 3.73. The summed E-state index contributed by atoms with van der Waals surface area (Å²) in [4.78, 5) is 2.34. The summed E-state index contributed by atoms with van der Waals surface area (Å²) in [7, 11) is 6.03. The molecule has 21 heavy (non-hydrogen) atoms. The SMILES string of the molecule is COc1ccc(C2(N(C)C)CCC3(CC2)OCCO3)cc1. The highest BCUT2D eigenvalue weighted by molar-refractivity contribution is 5.32. The molecule has 2 aliphatic rings. The van der Waals surface area contributed by atoms with Crippen molar-refractivity contribution in [2.75, 3.05) is 34.4 Å². The molecule has 3 rings (SSSR count). The van der Waals surface area contributed by atoms with Gasteiger partial charge in [0.2, 0.25) is 0 Å². The number of hydrogen-bond acceptors (Lipinski definition) is 4. The molecule has 1 aromatic carbocycles. The average Bonchev–Trinajstić information content (AvgIpc) is 2.97. The van der Waals surface area contributed by atoms with Gasteiger partial charge in [-0.15, -0.1) is 0 Å². The number of ether oxygens (including phenoxy) is 3. The summed E-state index contributed by atoms with van der Waals surface area (Å²) in [5, 5.41) is 0. The molecular formula is C17H25NO3. The third-order valence-corrected chi connectivity index (χ3v) is 5.14. The Morgan fingerprint density at radius 2 is 1.52 bits per heavy atom. The molecule has 2 fully saturated rings. The van der Waals surface area contributed by atoms with Gasteiger partial charge < -0.3 is 14.2 Å². The summed E-state index contributed by atoms with van der Waals surface area (Å²) in [5.41, 5.74) is 1.41. The van der Waals surface area contributed by atoms with Crippen LogP contribution in [0.5, 0.6) is 5.75 Å². The molecule has 1 aliphatic carbocycles. The van der Waals surface area contributed by atoms with E-state index in [0.717, 1.165) is 44.6 Å². The second kappa shape index (κ2) is 5.59. The van der Waals surface area contributed by atoms with E-state index in [1.54, 1.807) is 7.11 Å². The molecule has 0 aromatic heterocycles. The maximum Gasteiger partial charge on any atom is 0.168 e. The van der Waals surface area contributed by atoms with Gasteiger partial charge in [0, 0.05) is 18.4 Å². The molecule has 0 amide bonds. The Balaban J connectivity index is 1.83. The van der Waals surface area contributed by atoms with Gasteiger partial charge in [0.25, 0.3) is 0 Å². The molecule has 1 heterocycles. The van der Waals surface area contributed by atoms with Crippen molar-refractivity contribution >= 4 is 0 Å². The molecule has 0 radical (unpaired) electrons. The molecule has 0 unspecified atom stereocenters. The van der Waals surface area contributed by atoms with Crippen LogP contribution in [-0.4, -0.2) is 45.1 Å². The van der Waals surface area contributed by atoms with Crippen molar-refractivity contribution in [2.45, 2.75) is 37.0 Å². The molecule has 4 nitrogen and oxygen atoms in total. The fourth-order valence-electron chi connectivity index (χ4n) is 3.73. The average molecular weight is 291 g/mol. The van der Waals surface area contributed by atoms with Crippen molar-refractivity contribution in [3.8, 4) is 5.75 Å². The molecule has 1 saturated carbocycles. The van der Waals surface area contributed by atoms with Gasteiger partial charge in [-0.3, -0.25) is 4.90 Å². The van der Waals surface area contributed by atoms with Crippen molar-refractivity contribution < 1.29 is 14.2 Å². The Kier molecular flexibility index (Phi) is 3.95. The second-order valence-electron chi connectivity index (χ2n) is 6.26. The summed E-state index contributed by atoms with van der Waals surface area (Å²) in [6.45, 7) is 1.47. The van der Waals surface area contributed by atoms with E-state index < -0.39 is 0 Å². The van der Waals surface area contributed by atoms with E-state index in [9.17, 15) is 0 Å². The Morgan fingerprint density at radius 1 is 0.952 bits per heavy atom. The highest BCUT2D eigenvalue weighted by atomic mass is 16.7. The number of rotatable bonds is 3. The van der Waals surface area contributed by atoms with Crippen LogP contribution in [0.3, 0.4) is 0 Å². The van der Waals surface area contributed by atoms with E-state index in [1.807, 2.05) is 12.1 Å². The molecule has 0 atom stereocenters. The van der Waals surface area contributed by atoms with Gasteiger partial charge in [0.15, 0.2) is 5.79 Å². The van der Waals surface area contributed by atoms with Crippen LogP contribution in [0.25, 0.3) is 0 Å². The molecule has 1 saturated heterocycles. The maximum atomic E-state index is 5.87. The maximum absolute atomic E-state index is 5.87. The normalized spacial score (nSPS) is 23.6. The molecule has 1 spiro atoms. The number of nitrogens with zero attached hydrogens (tertiary/aromatic N) is 1. The lowest BCUT2D eigenvalue weighted by atomic mass is 9.73. The van der Waals surface area contributed by atoms with Crippen LogP contribution < -0.4 is 4.74 Å². The lowest BCUT2D eigenvalue weighted by Crippen LogP contribution is -2.49. The monoisotopic (exact) mass is 291 g/mol. The lowest BCUT2D eigenvalue weighted by Gasteiger charge is -2.48. The van der Waals surface area contributed by atoms with Crippen LogP contribution >= 0.6 is 0 Å². The van der Waals surface area contributed by atoms with E-state index >= 15 is 0 Å².